The maximum Gasteiger partial charge on any atom is 0.328 e. The molecular formula is C17H17NO5. The van der Waals surface area contributed by atoms with Gasteiger partial charge in [0.25, 0.3) is 0 Å². The highest BCUT2D eigenvalue weighted by Crippen LogP contribution is 2.12. The van der Waals surface area contributed by atoms with Gasteiger partial charge < -0.3 is 19.6 Å². The molecule has 1 amide bonds. The molecular weight excluding hydrogens is 298 g/mol. The smallest absolute Gasteiger partial charge is 0.328 e. The molecule has 0 saturated heterocycles. The van der Waals surface area contributed by atoms with E-state index in [1.54, 1.807) is 24.3 Å². The second-order valence-corrected chi connectivity index (χ2v) is 4.80. The predicted octanol–water partition coefficient (Wildman–Crippen LogP) is 1.90. The minimum Gasteiger partial charge on any atom is -0.508 e. The molecule has 2 rings (SSSR count). The lowest BCUT2D eigenvalue weighted by molar-refractivity contribution is -0.144. The molecule has 0 radical (unpaired) electrons. The van der Waals surface area contributed by atoms with E-state index in [0.29, 0.717) is 5.76 Å². The maximum absolute atomic E-state index is 11.9. The number of carbonyl (C=O) groups is 2. The number of aromatic hydroxyl groups is 1. The third-order valence-corrected chi connectivity index (χ3v) is 3.12. The van der Waals surface area contributed by atoms with Crippen molar-refractivity contribution in [2.75, 3.05) is 7.11 Å². The average molecular weight is 315 g/mol. The summed E-state index contributed by atoms with van der Waals surface area (Å²) in [5, 5.41) is 11.9. The Morgan fingerprint density at radius 1 is 1.30 bits per heavy atom. The van der Waals surface area contributed by atoms with Crippen LogP contribution in [0.15, 0.2) is 53.2 Å². The number of nitrogens with one attached hydrogen (secondary N) is 1. The van der Waals surface area contributed by atoms with Crippen molar-refractivity contribution in [3.8, 4) is 5.75 Å². The zero-order valence-electron chi connectivity index (χ0n) is 12.6. The molecule has 1 aromatic carbocycles. The molecule has 2 aromatic rings. The number of carbonyl (C=O) groups excluding carboxylic acids is 2. The largest absolute Gasteiger partial charge is 0.508 e. The van der Waals surface area contributed by atoms with Gasteiger partial charge in [-0.15, -0.1) is 0 Å². The third kappa shape index (κ3) is 5.03. The lowest BCUT2D eigenvalue weighted by Gasteiger charge is -2.15. The molecule has 120 valence electrons. The van der Waals surface area contributed by atoms with Gasteiger partial charge in [0.2, 0.25) is 5.91 Å². The van der Waals surface area contributed by atoms with Crippen molar-refractivity contribution in [3.05, 3.63) is 60.1 Å². The van der Waals surface area contributed by atoms with Crippen molar-refractivity contribution in [2.45, 2.75) is 12.5 Å². The number of phenols is 1. The molecule has 23 heavy (non-hydrogen) atoms. The Bertz CT molecular complexity index is 674. The Labute approximate surface area is 133 Å². The number of ether oxygens (including phenoxy) is 1. The van der Waals surface area contributed by atoms with Crippen LogP contribution in [0.2, 0.25) is 0 Å². The summed E-state index contributed by atoms with van der Waals surface area (Å²) >= 11 is 0. The highest BCUT2D eigenvalue weighted by atomic mass is 16.5. The Morgan fingerprint density at radius 2 is 2.04 bits per heavy atom. The summed E-state index contributed by atoms with van der Waals surface area (Å²) in [4.78, 5) is 23.7. The van der Waals surface area contributed by atoms with Crippen LogP contribution >= 0.6 is 0 Å². The Balaban J connectivity index is 2.01. The standard InChI is InChI=1S/C17H17NO5/c1-22-17(21)15(11-12-4-6-13(19)7-5-12)18-16(20)9-8-14-3-2-10-23-14/h2-10,15,19H,11H2,1H3,(H,18,20)/t15-/m0/s1. The zero-order chi connectivity index (χ0) is 16.7. The van der Waals surface area contributed by atoms with Crippen molar-refractivity contribution < 1.29 is 23.8 Å². The van der Waals surface area contributed by atoms with Gasteiger partial charge >= 0.3 is 5.97 Å². The van der Waals surface area contributed by atoms with Gasteiger partial charge in [0.15, 0.2) is 0 Å². The first-order valence-electron chi connectivity index (χ1n) is 6.96. The second-order valence-electron chi connectivity index (χ2n) is 4.80. The zero-order valence-corrected chi connectivity index (χ0v) is 12.6. The number of furan rings is 1. The molecule has 0 aliphatic carbocycles. The lowest BCUT2D eigenvalue weighted by Crippen LogP contribution is -2.42. The topological polar surface area (TPSA) is 88.8 Å². The van der Waals surface area contributed by atoms with Crippen LogP contribution in [0.4, 0.5) is 0 Å². The number of amides is 1. The molecule has 0 fully saturated rings. The van der Waals surface area contributed by atoms with Crippen molar-refractivity contribution in [1.29, 1.82) is 0 Å². The van der Waals surface area contributed by atoms with E-state index in [1.165, 1.54) is 37.7 Å². The number of hydrogen-bond donors (Lipinski definition) is 2. The molecule has 1 heterocycles. The number of benzene rings is 1. The maximum atomic E-state index is 11.9. The predicted molar refractivity (Wildman–Crippen MR) is 83.5 cm³/mol. The minimum atomic E-state index is -0.821. The van der Waals surface area contributed by atoms with Crippen LogP contribution in [0, 0.1) is 0 Å². The first kappa shape index (κ1) is 16.4. The van der Waals surface area contributed by atoms with Gasteiger partial charge in [0.05, 0.1) is 13.4 Å². The van der Waals surface area contributed by atoms with Gasteiger partial charge in [0, 0.05) is 12.5 Å². The Kier molecular flexibility index (Phi) is 5.57. The fourth-order valence-electron chi connectivity index (χ4n) is 1.97. The number of esters is 1. The van der Waals surface area contributed by atoms with Crippen molar-refractivity contribution in [2.24, 2.45) is 0 Å². The third-order valence-electron chi connectivity index (χ3n) is 3.12. The number of methoxy groups -OCH3 is 1. The molecule has 6 nitrogen and oxygen atoms in total. The van der Waals surface area contributed by atoms with Gasteiger partial charge in [-0.2, -0.15) is 0 Å². The molecule has 0 aliphatic rings. The van der Waals surface area contributed by atoms with Crippen LogP contribution in [0.1, 0.15) is 11.3 Å². The fraction of sp³-hybridized carbons (Fsp3) is 0.176. The van der Waals surface area contributed by atoms with E-state index in [4.69, 9.17) is 9.15 Å². The fourth-order valence-corrected chi connectivity index (χ4v) is 1.97. The van der Waals surface area contributed by atoms with Crippen LogP contribution in [0.5, 0.6) is 5.75 Å². The first-order valence-corrected chi connectivity index (χ1v) is 6.96. The van der Waals surface area contributed by atoms with E-state index in [9.17, 15) is 14.7 Å². The van der Waals surface area contributed by atoms with E-state index in [0.717, 1.165) is 5.56 Å². The van der Waals surface area contributed by atoms with Gasteiger partial charge in [-0.1, -0.05) is 12.1 Å². The van der Waals surface area contributed by atoms with Crippen LogP contribution in [-0.2, 0) is 20.7 Å². The average Bonchev–Trinajstić information content (AvgIpc) is 3.07. The number of hydrogen-bond acceptors (Lipinski definition) is 5. The summed E-state index contributed by atoms with van der Waals surface area (Å²) in [6.07, 6.45) is 4.54. The minimum absolute atomic E-state index is 0.133. The van der Waals surface area contributed by atoms with Crippen LogP contribution < -0.4 is 5.32 Å². The summed E-state index contributed by atoms with van der Waals surface area (Å²) in [5.74, 6) is -0.310. The van der Waals surface area contributed by atoms with Crippen LogP contribution in [-0.4, -0.2) is 30.1 Å². The molecule has 0 saturated carbocycles. The first-order chi connectivity index (χ1) is 11.1. The quantitative estimate of drug-likeness (QED) is 0.628. The van der Waals surface area contributed by atoms with Crippen molar-refractivity contribution in [1.82, 2.24) is 5.32 Å². The molecule has 0 spiro atoms. The SMILES string of the molecule is COC(=O)[C@H](Cc1ccc(O)cc1)NC(=O)C=Cc1ccco1. The molecule has 1 aromatic heterocycles. The van der Waals surface area contributed by atoms with Gasteiger partial charge in [0.1, 0.15) is 17.6 Å². The number of phenolic OH excluding ortho intramolecular Hbond substituents is 1. The number of rotatable bonds is 6. The Hall–Kier alpha value is -3.02. The second kappa shape index (κ2) is 7.84. The summed E-state index contributed by atoms with van der Waals surface area (Å²) in [7, 11) is 1.26. The van der Waals surface area contributed by atoms with E-state index in [1.807, 2.05) is 0 Å². The summed E-state index contributed by atoms with van der Waals surface area (Å²) < 4.78 is 9.80. The molecule has 1 atom stereocenters. The normalized spacial score (nSPS) is 12.0. The Morgan fingerprint density at radius 3 is 2.65 bits per heavy atom. The van der Waals surface area contributed by atoms with Crippen molar-refractivity contribution >= 4 is 18.0 Å². The monoisotopic (exact) mass is 315 g/mol. The van der Waals surface area contributed by atoms with Crippen LogP contribution in [0.3, 0.4) is 0 Å². The van der Waals surface area contributed by atoms with Gasteiger partial charge in [-0.05, 0) is 35.9 Å². The van der Waals surface area contributed by atoms with E-state index >= 15 is 0 Å². The van der Waals surface area contributed by atoms with E-state index in [2.05, 4.69) is 5.32 Å². The highest BCUT2D eigenvalue weighted by Gasteiger charge is 2.21. The molecule has 0 bridgehead atoms. The van der Waals surface area contributed by atoms with Crippen molar-refractivity contribution in [3.63, 3.8) is 0 Å². The summed E-state index contributed by atoms with van der Waals surface area (Å²) in [6.45, 7) is 0. The highest BCUT2D eigenvalue weighted by molar-refractivity contribution is 5.94. The molecule has 6 heteroatoms. The lowest BCUT2D eigenvalue weighted by atomic mass is 10.1. The summed E-state index contributed by atoms with van der Waals surface area (Å²) in [5.41, 5.74) is 0.786. The summed E-state index contributed by atoms with van der Waals surface area (Å²) in [6, 6.07) is 8.98. The van der Waals surface area contributed by atoms with Gasteiger partial charge in [-0.3, -0.25) is 4.79 Å². The van der Waals surface area contributed by atoms with Gasteiger partial charge in [-0.25, -0.2) is 4.79 Å². The molecule has 0 unspecified atom stereocenters. The van der Waals surface area contributed by atoms with E-state index < -0.39 is 17.9 Å². The molecule has 0 aliphatic heterocycles. The van der Waals surface area contributed by atoms with E-state index in [-0.39, 0.29) is 12.2 Å². The molecule has 2 N–H and O–H groups in total. The van der Waals surface area contributed by atoms with Crippen LogP contribution in [0.25, 0.3) is 6.08 Å².